The Morgan fingerprint density at radius 2 is 1.93 bits per heavy atom. The lowest BCUT2D eigenvalue weighted by Crippen LogP contribution is -2.35. The number of amides is 1. The largest absolute Gasteiger partial charge is 0.493 e. The van der Waals surface area contributed by atoms with Gasteiger partial charge in [-0.05, 0) is 51.5 Å². The molecular formula is C19H23NO5S2. The lowest BCUT2D eigenvalue weighted by Gasteiger charge is -2.15. The predicted molar refractivity (Wildman–Crippen MR) is 110 cm³/mol. The number of methoxy groups -OCH3 is 1. The van der Waals surface area contributed by atoms with Crippen molar-refractivity contribution in [2.24, 2.45) is 0 Å². The Morgan fingerprint density at radius 1 is 1.22 bits per heavy atom. The van der Waals surface area contributed by atoms with Crippen molar-refractivity contribution in [1.29, 1.82) is 0 Å². The Hall–Kier alpha value is -2.06. The molecule has 0 atom stereocenters. The molecule has 1 aromatic rings. The maximum absolute atomic E-state index is 12.6. The number of hydrogen-bond acceptors (Lipinski definition) is 7. The Balaban J connectivity index is 2.18. The molecule has 1 amide bonds. The minimum atomic E-state index is -0.487. The third kappa shape index (κ3) is 5.71. The first-order valence-electron chi connectivity index (χ1n) is 8.50. The van der Waals surface area contributed by atoms with Crippen molar-refractivity contribution >= 4 is 46.3 Å². The monoisotopic (exact) mass is 409 g/mol. The summed E-state index contributed by atoms with van der Waals surface area (Å²) in [6, 6.07) is 5.42. The second-order valence-electron chi connectivity index (χ2n) is 6.38. The molecule has 0 N–H and O–H groups in total. The summed E-state index contributed by atoms with van der Waals surface area (Å²) in [5, 5.41) is 0. The van der Waals surface area contributed by atoms with E-state index in [0.717, 1.165) is 17.3 Å². The molecule has 0 unspecified atom stereocenters. The van der Waals surface area contributed by atoms with Crippen molar-refractivity contribution in [2.75, 3.05) is 13.7 Å². The molecule has 1 fully saturated rings. The highest BCUT2D eigenvalue weighted by molar-refractivity contribution is 8.26. The molecule has 1 aliphatic heterocycles. The summed E-state index contributed by atoms with van der Waals surface area (Å²) in [6.07, 6.45) is 1.49. The first kappa shape index (κ1) is 21.2. The summed E-state index contributed by atoms with van der Waals surface area (Å²) in [6.45, 7) is 7.18. The Labute approximate surface area is 168 Å². The highest BCUT2D eigenvalue weighted by Gasteiger charge is 2.34. The van der Waals surface area contributed by atoms with Gasteiger partial charge >= 0.3 is 5.97 Å². The van der Waals surface area contributed by atoms with Crippen LogP contribution in [0.2, 0.25) is 0 Å². The van der Waals surface area contributed by atoms with Gasteiger partial charge in [-0.1, -0.05) is 30.0 Å². The summed E-state index contributed by atoms with van der Waals surface area (Å²) in [7, 11) is 1.56. The van der Waals surface area contributed by atoms with E-state index in [9.17, 15) is 9.59 Å². The van der Waals surface area contributed by atoms with Crippen molar-refractivity contribution in [2.45, 2.75) is 39.9 Å². The number of ether oxygens (including phenoxy) is 3. The molecule has 0 aromatic heterocycles. The molecule has 0 radical (unpaired) electrons. The van der Waals surface area contributed by atoms with Crippen LogP contribution in [0.15, 0.2) is 23.1 Å². The van der Waals surface area contributed by atoms with Gasteiger partial charge in [-0.2, -0.15) is 0 Å². The van der Waals surface area contributed by atoms with Crippen molar-refractivity contribution in [3.8, 4) is 11.5 Å². The van der Waals surface area contributed by atoms with Crippen LogP contribution in [0.1, 0.15) is 33.3 Å². The predicted octanol–water partition coefficient (Wildman–Crippen LogP) is 3.64. The lowest BCUT2D eigenvalue weighted by atomic mass is 10.2. The molecule has 0 saturated carbocycles. The summed E-state index contributed by atoms with van der Waals surface area (Å²) in [4.78, 5) is 26.1. The fourth-order valence-corrected chi connectivity index (χ4v) is 3.60. The van der Waals surface area contributed by atoms with Gasteiger partial charge < -0.3 is 14.2 Å². The van der Waals surface area contributed by atoms with Crippen molar-refractivity contribution in [3.63, 3.8) is 0 Å². The number of carbonyl (C=O) groups is 2. The van der Waals surface area contributed by atoms with E-state index in [4.69, 9.17) is 26.4 Å². The number of esters is 1. The molecule has 0 aliphatic carbocycles. The molecule has 146 valence electrons. The van der Waals surface area contributed by atoms with Crippen LogP contribution in [-0.2, 0) is 14.3 Å². The molecule has 6 nitrogen and oxygen atoms in total. The van der Waals surface area contributed by atoms with Crippen LogP contribution in [0, 0.1) is 0 Å². The van der Waals surface area contributed by atoms with Crippen LogP contribution in [0.5, 0.6) is 11.5 Å². The van der Waals surface area contributed by atoms with Crippen LogP contribution >= 0.6 is 24.0 Å². The molecular weight excluding hydrogens is 386 g/mol. The number of carbonyl (C=O) groups excluding carboxylic acids is 2. The summed E-state index contributed by atoms with van der Waals surface area (Å²) in [5.74, 6) is 0.411. The smallest absolute Gasteiger partial charge is 0.326 e. The van der Waals surface area contributed by atoms with E-state index >= 15 is 0 Å². The Kier molecular flexibility index (Phi) is 7.26. The number of nitrogens with zero attached hydrogens (tertiary/aromatic N) is 1. The van der Waals surface area contributed by atoms with Gasteiger partial charge in [0.05, 0.1) is 24.2 Å². The number of thiocarbonyl (C=S) groups is 1. The average molecular weight is 410 g/mol. The van der Waals surface area contributed by atoms with Gasteiger partial charge in [0.25, 0.3) is 5.91 Å². The number of benzene rings is 1. The fourth-order valence-electron chi connectivity index (χ4n) is 2.34. The van der Waals surface area contributed by atoms with Crippen LogP contribution in [-0.4, -0.2) is 47.0 Å². The standard InChI is InChI=1S/C19H23NO5S2/c1-11(2)24-14-7-6-13(8-15(14)23-5)9-16-18(22)20(19(26)27-16)10-17(21)25-12(3)4/h6-9,11-12H,10H2,1-5H3/b16-9-. The first-order valence-corrected chi connectivity index (χ1v) is 9.73. The molecule has 8 heteroatoms. The van der Waals surface area contributed by atoms with Gasteiger partial charge in [0.15, 0.2) is 11.5 Å². The Bertz CT molecular complexity index is 773. The molecule has 0 spiro atoms. The van der Waals surface area contributed by atoms with Crippen LogP contribution in [0.25, 0.3) is 6.08 Å². The molecule has 27 heavy (non-hydrogen) atoms. The van der Waals surface area contributed by atoms with Gasteiger partial charge in [-0.15, -0.1) is 0 Å². The SMILES string of the molecule is COc1cc(/C=C2\SC(=S)N(CC(=O)OC(C)C)C2=O)ccc1OC(C)C. The minimum absolute atomic E-state index is 0.0200. The maximum Gasteiger partial charge on any atom is 0.326 e. The van der Waals surface area contributed by atoms with E-state index in [2.05, 4.69) is 0 Å². The number of thioether (sulfide) groups is 1. The summed E-state index contributed by atoms with van der Waals surface area (Å²) >= 11 is 6.39. The third-order valence-electron chi connectivity index (χ3n) is 3.38. The van der Waals surface area contributed by atoms with Crippen LogP contribution < -0.4 is 9.47 Å². The molecule has 1 aliphatic rings. The highest BCUT2D eigenvalue weighted by atomic mass is 32.2. The van der Waals surface area contributed by atoms with E-state index in [1.165, 1.54) is 4.90 Å². The van der Waals surface area contributed by atoms with Gasteiger partial charge in [0.2, 0.25) is 0 Å². The molecule has 2 rings (SSSR count). The molecule has 1 saturated heterocycles. The Morgan fingerprint density at radius 3 is 2.52 bits per heavy atom. The van der Waals surface area contributed by atoms with E-state index in [1.54, 1.807) is 39.2 Å². The number of hydrogen-bond donors (Lipinski definition) is 0. The second kappa shape index (κ2) is 9.23. The van der Waals surface area contributed by atoms with E-state index < -0.39 is 5.97 Å². The zero-order chi connectivity index (χ0) is 20.1. The third-order valence-corrected chi connectivity index (χ3v) is 4.75. The first-order chi connectivity index (χ1) is 12.7. The van der Waals surface area contributed by atoms with E-state index in [1.807, 2.05) is 19.9 Å². The van der Waals surface area contributed by atoms with Gasteiger partial charge in [-0.25, -0.2) is 0 Å². The molecule has 1 heterocycles. The second-order valence-corrected chi connectivity index (χ2v) is 8.06. The fraction of sp³-hybridized carbons (Fsp3) is 0.421. The summed E-state index contributed by atoms with van der Waals surface area (Å²) < 4.78 is 16.5. The normalized spacial score (nSPS) is 15.8. The zero-order valence-electron chi connectivity index (χ0n) is 16.0. The van der Waals surface area contributed by atoms with Crippen molar-refractivity contribution in [3.05, 3.63) is 28.7 Å². The van der Waals surface area contributed by atoms with Crippen LogP contribution in [0.4, 0.5) is 0 Å². The highest BCUT2D eigenvalue weighted by Crippen LogP contribution is 2.35. The number of rotatable bonds is 7. The zero-order valence-corrected chi connectivity index (χ0v) is 17.6. The van der Waals surface area contributed by atoms with Gasteiger partial charge in [0, 0.05) is 0 Å². The van der Waals surface area contributed by atoms with E-state index in [0.29, 0.717) is 20.7 Å². The molecule has 1 aromatic carbocycles. The maximum atomic E-state index is 12.6. The average Bonchev–Trinajstić information content (AvgIpc) is 2.82. The van der Waals surface area contributed by atoms with E-state index in [-0.39, 0.29) is 24.7 Å². The lowest BCUT2D eigenvalue weighted by molar-refractivity contribution is -0.149. The quantitative estimate of drug-likeness (QED) is 0.387. The summed E-state index contributed by atoms with van der Waals surface area (Å²) in [5.41, 5.74) is 0.771. The van der Waals surface area contributed by atoms with Crippen molar-refractivity contribution < 1.29 is 23.8 Å². The van der Waals surface area contributed by atoms with Crippen molar-refractivity contribution in [1.82, 2.24) is 4.90 Å². The van der Waals surface area contributed by atoms with Gasteiger partial charge in [0.1, 0.15) is 10.9 Å². The minimum Gasteiger partial charge on any atom is -0.493 e. The van der Waals surface area contributed by atoms with Gasteiger partial charge in [-0.3, -0.25) is 14.5 Å². The topological polar surface area (TPSA) is 65.1 Å². The van der Waals surface area contributed by atoms with Crippen LogP contribution in [0.3, 0.4) is 0 Å². The molecule has 0 bridgehead atoms.